The lowest BCUT2D eigenvalue weighted by molar-refractivity contribution is 0.813. The van der Waals surface area contributed by atoms with Gasteiger partial charge in [0, 0.05) is 6.20 Å². The van der Waals surface area contributed by atoms with Gasteiger partial charge in [0.1, 0.15) is 4.88 Å². The van der Waals surface area contributed by atoms with E-state index in [1.54, 1.807) is 6.20 Å². The molecule has 0 spiro atoms. The number of nitrogens with zero attached hydrogens (tertiary/aromatic N) is 4. The first kappa shape index (κ1) is 11.3. The second-order valence-electron chi connectivity index (χ2n) is 4.55. The van der Waals surface area contributed by atoms with Gasteiger partial charge < -0.3 is 4.98 Å². The smallest absolute Gasteiger partial charge is 0.178 e. The second kappa shape index (κ2) is 4.13. The summed E-state index contributed by atoms with van der Waals surface area (Å²) in [5.41, 5.74) is 3.85. The summed E-state index contributed by atoms with van der Waals surface area (Å²) in [6, 6.07) is 1.97. The predicted octanol–water partition coefficient (Wildman–Crippen LogP) is 2.91. The molecule has 3 aromatic heterocycles. The third-order valence-electron chi connectivity index (χ3n) is 2.88. The van der Waals surface area contributed by atoms with E-state index in [0.29, 0.717) is 5.92 Å². The average molecular weight is 259 g/mol. The molecule has 0 amide bonds. The van der Waals surface area contributed by atoms with Crippen LogP contribution in [0.4, 0.5) is 0 Å². The molecule has 0 aliphatic rings. The number of aromatic amines is 1. The van der Waals surface area contributed by atoms with Crippen molar-refractivity contribution in [3.63, 3.8) is 0 Å². The molecule has 0 fully saturated rings. The number of hydrogen-bond donors (Lipinski definition) is 1. The van der Waals surface area contributed by atoms with Crippen LogP contribution in [0.3, 0.4) is 0 Å². The van der Waals surface area contributed by atoms with Crippen LogP contribution in [0.15, 0.2) is 12.3 Å². The van der Waals surface area contributed by atoms with Gasteiger partial charge in [0.15, 0.2) is 11.5 Å². The molecule has 0 aliphatic heterocycles. The molecule has 6 heteroatoms. The van der Waals surface area contributed by atoms with Crippen molar-refractivity contribution in [2.24, 2.45) is 0 Å². The Morgan fingerprint density at radius 3 is 2.89 bits per heavy atom. The van der Waals surface area contributed by atoms with E-state index in [0.717, 1.165) is 33.1 Å². The van der Waals surface area contributed by atoms with Crippen LogP contribution in [0.2, 0.25) is 0 Å². The molecule has 0 saturated heterocycles. The fourth-order valence-corrected chi connectivity index (χ4v) is 2.65. The molecule has 0 aromatic carbocycles. The molecule has 0 aliphatic carbocycles. The highest BCUT2D eigenvalue weighted by molar-refractivity contribution is 7.09. The molecule has 0 radical (unpaired) electrons. The van der Waals surface area contributed by atoms with Crippen molar-refractivity contribution in [2.75, 3.05) is 0 Å². The zero-order valence-electron chi connectivity index (χ0n) is 10.4. The van der Waals surface area contributed by atoms with E-state index in [1.807, 2.05) is 13.0 Å². The topological polar surface area (TPSA) is 67.3 Å². The van der Waals surface area contributed by atoms with Crippen LogP contribution in [-0.2, 0) is 0 Å². The maximum atomic E-state index is 4.52. The maximum Gasteiger partial charge on any atom is 0.178 e. The summed E-state index contributed by atoms with van der Waals surface area (Å²) < 4.78 is 4.02. The molecule has 3 heterocycles. The number of hydrogen-bond acceptors (Lipinski definition) is 5. The quantitative estimate of drug-likeness (QED) is 0.768. The second-order valence-corrected chi connectivity index (χ2v) is 5.31. The predicted molar refractivity (Wildman–Crippen MR) is 71.6 cm³/mol. The highest BCUT2D eigenvalue weighted by Gasteiger charge is 2.17. The van der Waals surface area contributed by atoms with Crippen molar-refractivity contribution in [1.82, 2.24) is 24.5 Å². The molecule has 0 saturated carbocycles. The van der Waals surface area contributed by atoms with Gasteiger partial charge in [-0.15, -0.1) is 5.10 Å². The van der Waals surface area contributed by atoms with Crippen molar-refractivity contribution >= 4 is 22.7 Å². The lowest BCUT2D eigenvalue weighted by Gasteiger charge is -2.00. The number of nitrogens with one attached hydrogen (secondary N) is 1. The first-order chi connectivity index (χ1) is 8.66. The molecule has 0 atom stereocenters. The van der Waals surface area contributed by atoms with Gasteiger partial charge in [-0.25, -0.2) is 9.97 Å². The van der Waals surface area contributed by atoms with Gasteiger partial charge in [0.05, 0.1) is 11.2 Å². The van der Waals surface area contributed by atoms with Gasteiger partial charge in [0.2, 0.25) is 0 Å². The minimum absolute atomic E-state index is 0.334. The van der Waals surface area contributed by atoms with Crippen molar-refractivity contribution in [3.05, 3.63) is 23.5 Å². The number of H-pyrrole nitrogens is 1. The molecule has 3 rings (SSSR count). The first-order valence-electron chi connectivity index (χ1n) is 5.80. The van der Waals surface area contributed by atoms with Crippen molar-refractivity contribution in [2.45, 2.75) is 26.7 Å². The summed E-state index contributed by atoms with van der Waals surface area (Å²) in [5.74, 6) is 1.14. The number of rotatable bonds is 2. The van der Waals surface area contributed by atoms with E-state index in [1.165, 1.54) is 11.5 Å². The van der Waals surface area contributed by atoms with Crippen LogP contribution < -0.4 is 0 Å². The number of pyridine rings is 1. The molecular formula is C12H13N5S. The van der Waals surface area contributed by atoms with Crippen molar-refractivity contribution in [1.29, 1.82) is 0 Å². The van der Waals surface area contributed by atoms with Crippen LogP contribution in [0.1, 0.15) is 31.0 Å². The molecule has 18 heavy (non-hydrogen) atoms. The van der Waals surface area contributed by atoms with E-state index in [2.05, 4.69) is 38.4 Å². The summed E-state index contributed by atoms with van der Waals surface area (Å²) >= 11 is 1.37. The monoisotopic (exact) mass is 259 g/mol. The Labute approximate surface area is 108 Å². The Kier molecular flexibility index (Phi) is 2.59. The zero-order chi connectivity index (χ0) is 12.7. The summed E-state index contributed by atoms with van der Waals surface area (Å²) in [5, 5.41) is 4.17. The minimum Gasteiger partial charge on any atom is -0.336 e. The summed E-state index contributed by atoms with van der Waals surface area (Å²) in [6.07, 6.45) is 1.77. The number of aryl methyl sites for hydroxylation is 1. The van der Waals surface area contributed by atoms with E-state index in [4.69, 9.17) is 0 Å². The molecule has 92 valence electrons. The maximum absolute atomic E-state index is 4.52. The van der Waals surface area contributed by atoms with Crippen molar-refractivity contribution < 1.29 is 0 Å². The average Bonchev–Trinajstić information content (AvgIpc) is 2.95. The largest absolute Gasteiger partial charge is 0.336 e. The highest BCUT2D eigenvalue weighted by atomic mass is 32.1. The third-order valence-corrected chi connectivity index (χ3v) is 3.62. The Morgan fingerprint density at radius 2 is 2.17 bits per heavy atom. The normalized spacial score (nSPS) is 11.6. The van der Waals surface area contributed by atoms with Crippen LogP contribution in [0, 0.1) is 6.92 Å². The summed E-state index contributed by atoms with van der Waals surface area (Å²) in [6.45, 7) is 6.25. The molecule has 3 aromatic rings. The number of aromatic nitrogens is 5. The Morgan fingerprint density at radius 1 is 1.33 bits per heavy atom. The molecule has 1 N–H and O–H groups in total. The Bertz CT molecular complexity index is 697. The van der Waals surface area contributed by atoms with Gasteiger partial charge in [0.25, 0.3) is 0 Å². The molecule has 0 unspecified atom stereocenters. The lowest BCUT2D eigenvalue weighted by atomic mass is 10.1. The summed E-state index contributed by atoms with van der Waals surface area (Å²) in [4.78, 5) is 13.1. The van der Waals surface area contributed by atoms with E-state index < -0.39 is 0 Å². The Hall–Kier alpha value is -1.82. The van der Waals surface area contributed by atoms with Crippen LogP contribution >= 0.6 is 11.5 Å². The fourth-order valence-electron chi connectivity index (χ4n) is 1.88. The van der Waals surface area contributed by atoms with Gasteiger partial charge >= 0.3 is 0 Å². The SMILES string of the molecule is Cc1ccnc2nc(-c3snnc3C(C)C)[nH]c12. The number of fused-ring (bicyclic) bond motifs is 1. The molecule has 5 nitrogen and oxygen atoms in total. The van der Waals surface area contributed by atoms with Crippen molar-refractivity contribution in [3.8, 4) is 10.7 Å². The highest BCUT2D eigenvalue weighted by Crippen LogP contribution is 2.30. The standard InChI is InChI=1S/C12H13N5S/c1-6(2)8-10(18-17-16-8)12-14-9-7(3)4-5-13-11(9)15-12/h4-6H,1-3H3,(H,13,14,15). The van der Waals surface area contributed by atoms with Crippen LogP contribution in [0.25, 0.3) is 21.9 Å². The third kappa shape index (κ3) is 1.69. The van der Waals surface area contributed by atoms with E-state index >= 15 is 0 Å². The lowest BCUT2D eigenvalue weighted by Crippen LogP contribution is -1.91. The van der Waals surface area contributed by atoms with Gasteiger partial charge in [-0.1, -0.05) is 18.3 Å². The van der Waals surface area contributed by atoms with Crippen LogP contribution in [0.5, 0.6) is 0 Å². The van der Waals surface area contributed by atoms with E-state index in [9.17, 15) is 0 Å². The fraction of sp³-hybridized carbons (Fsp3) is 0.333. The van der Waals surface area contributed by atoms with E-state index in [-0.39, 0.29) is 0 Å². The molecular weight excluding hydrogens is 246 g/mol. The van der Waals surface area contributed by atoms with Crippen LogP contribution in [-0.4, -0.2) is 24.5 Å². The number of imidazole rings is 1. The summed E-state index contributed by atoms with van der Waals surface area (Å²) in [7, 11) is 0. The Balaban J connectivity index is 2.20. The molecule has 0 bridgehead atoms. The van der Waals surface area contributed by atoms with Gasteiger partial charge in [-0.3, -0.25) is 0 Å². The van der Waals surface area contributed by atoms with Gasteiger partial charge in [-0.05, 0) is 36.0 Å². The van der Waals surface area contributed by atoms with Gasteiger partial charge in [-0.2, -0.15) is 0 Å². The first-order valence-corrected chi connectivity index (χ1v) is 6.58. The zero-order valence-corrected chi connectivity index (χ0v) is 11.2. The minimum atomic E-state index is 0.334.